The van der Waals surface area contributed by atoms with Crippen molar-refractivity contribution in [2.24, 2.45) is 11.8 Å². The quantitative estimate of drug-likeness (QED) is 0.384. The summed E-state index contributed by atoms with van der Waals surface area (Å²) in [6.45, 7) is 3.33. The third-order valence-corrected chi connectivity index (χ3v) is 4.76. The third kappa shape index (κ3) is 2.91. The Bertz CT molecular complexity index is 478. The van der Waals surface area contributed by atoms with Gasteiger partial charge < -0.3 is 39.7 Å². The highest BCUT2D eigenvalue weighted by atomic mass is 16.8. The molecule has 2 aliphatic heterocycles. The summed E-state index contributed by atoms with van der Waals surface area (Å²) in [7, 11) is 0. The molecule has 3 aliphatic rings. The highest BCUT2D eigenvalue weighted by Crippen LogP contribution is 2.43. The fraction of sp³-hybridized carbons (Fsp3) is 0.733. The van der Waals surface area contributed by atoms with E-state index in [1.165, 1.54) is 6.26 Å². The van der Waals surface area contributed by atoms with Crippen LogP contribution in [0.1, 0.15) is 6.42 Å². The number of aliphatic hydroxyl groups excluding tert-OH is 5. The van der Waals surface area contributed by atoms with Crippen LogP contribution in [0.25, 0.3) is 0 Å². The molecule has 8 heteroatoms. The van der Waals surface area contributed by atoms with E-state index in [4.69, 9.17) is 14.2 Å². The molecule has 23 heavy (non-hydrogen) atoms. The monoisotopic (exact) mass is 330 g/mol. The fourth-order valence-electron chi connectivity index (χ4n) is 3.36. The Balaban J connectivity index is 1.73. The van der Waals surface area contributed by atoms with Gasteiger partial charge in [-0.3, -0.25) is 0 Å². The Labute approximate surface area is 133 Å². The van der Waals surface area contributed by atoms with E-state index in [1.807, 2.05) is 6.08 Å². The molecule has 2 fully saturated rings. The highest BCUT2D eigenvalue weighted by Gasteiger charge is 2.49. The summed E-state index contributed by atoms with van der Waals surface area (Å²) in [6.07, 6.45) is -4.51. The second kappa shape index (κ2) is 6.48. The molecule has 0 aromatic carbocycles. The predicted molar refractivity (Wildman–Crippen MR) is 75.6 cm³/mol. The van der Waals surface area contributed by atoms with Crippen molar-refractivity contribution in [3.63, 3.8) is 0 Å². The van der Waals surface area contributed by atoms with Crippen molar-refractivity contribution in [3.05, 3.63) is 24.5 Å². The maximum Gasteiger partial charge on any atom is 0.208 e. The van der Waals surface area contributed by atoms with Crippen LogP contribution in [0.3, 0.4) is 0 Å². The predicted octanol–water partition coefficient (Wildman–Crippen LogP) is -1.77. The zero-order chi connectivity index (χ0) is 16.7. The van der Waals surface area contributed by atoms with E-state index in [0.29, 0.717) is 12.0 Å². The summed E-state index contributed by atoms with van der Waals surface area (Å²) in [6, 6.07) is 0. The molecule has 0 unspecified atom stereocenters. The van der Waals surface area contributed by atoms with Gasteiger partial charge in [-0.05, 0) is 24.0 Å². The number of ether oxygens (including phenoxy) is 3. The molecule has 1 aliphatic carbocycles. The molecule has 1 saturated carbocycles. The molecular weight excluding hydrogens is 308 g/mol. The van der Waals surface area contributed by atoms with E-state index in [0.717, 1.165) is 0 Å². The van der Waals surface area contributed by atoms with Crippen LogP contribution < -0.4 is 0 Å². The number of aliphatic hydroxyl groups is 5. The van der Waals surface area contributed by atoms with Crippen LogP contribution >= 0.6 is 0 Å². The van der Waals surface area contributed by atoms with Gasteiger partial charge in [0.05, 0.1) is 24.9 Å². The first-order valence-electron chi connectivity index (χ1n) is 7.59. The maximum atomic E-state index is 10.0. The maximum absolute atomic E-state index is 10.0. The average Bonchev–Trinajstić information content (AvgIpc) is 2.83. The molecule has 0 aromatic heterocycles. The summed E-state index contributed by atoms with van der Waals surface area (Å²) >= 11 is 0. The molecule has 0 radical (unpaired) electrons. The second-order valence-electron chi connectivity index (χ2n) is 6.18. The van der Waals surface area contributed by atoms with E-state index < -0.39 is 49.7 Å². The van der Waals surface area contributed by atoms with Crippen molar-refractivity contribution in [2.45, 2.75) is 49.5 Å². The fourth-order valence-corrected chi connectivity index (χ4v) is 3.36. The van der Waals surface area contributed by atoms with Crippen LogP contribution in [0, 0.1) is 11.8 Å². The second-order valence-corrected chi connectivity index (χ2v) is 6.18. The number of fused-ring (bicyclic) bond motifs is 1. The standard InChI is InChI=1S/C15H22O8/c1-6-8(17)4-7-2-3-21-14(10(6)7)23-15-13(20)12(19)11(18)9(5-16)22-15/h2-3,7-20H,1,4-5H2/t7-,8-,9-,10+,11-,12+,13-,14-,15+/m0/s1. The van der Waals surface area contributed by atoms with Gasteiger partial charge in [-0.15, -0.1) is 0 Å². The summed E-state index contributed by atoms with van der Waals surface area (Å²) < 4.78 is 16.4. The van der Waals surface area contributed by atoms with Crippen LogP contribution in [0.15, 0.2) is 24.5 Å². The molecule has 1 saturated heterocycles. The molecular formula is C15H22O8. The van der Waals surface area contributed by atoms with Gasteiger partial charge in [0.25, 0.3) is 0 Å². The lowest BCUT2D eigenvalue weighted by atomic mass is 9.91. The van der Waals surface area contributed by atoms with E-state index in [-0.39, 0.29) is 11.8 Å². The Morgan fingerprint density at radius 1 is 1.13 bits per heavy atom. The van der Waals surface area contributed by atoms with Crippen LogP contribution in [0.5, 0.6) is 0 Å². The summed E-state index contributed by atoms with van der Waals surface area (Å²) in [5, 5.41) is 48.7. The van der Waals surface area contributed by atoms with Crippen LogP contribution in [-0.2, 0) is 14.2 Å². The Morgan fingerprint density at radius 2 is 1.87 bits per heavy atom. The van der Waals surface area contributed by atoms with E-state index in [9.17, 15) is 25.5 Å². The van der Waals surface area contributed by atoms with Gasteiger partial charge in [-0.1, -0.05) is 6.58 Å². The molecule has 0 bridgehead atoms. The normalized spacial score (nSPS) is 49.8. The number of rotatable bonds is 3. The van der Waals surface area contributed by atoms with Crippen LogP contribution in [0.4, 0.5) is 0 Å². The van der Waals surface area contributed by atoms with E-state index >= 15 is 0 Å². The molecule has 2 heterocycles. The van der Waals surface area contributed by atoms with Crippen LogP contribution in [-0.4, -0.2) is 75.2 Å². The van der Waals surface area contributed by atoms with Gasteiger partial charge in [0, 0.05) is 0 Å². The van der Waals surface area contributed by atoms with Gasteiger partial charge in [-0.2, -0.15) is 0 Å². The molecule has 3 rings (SSSR count). The highest BCUT2D eigenvalue weighted by molar-refractivity contribution is 5.21. The lowest BCUT2D eigenvalue weighted by molar-refractivity contribution is -0.339. The third-order valence-electron chi connectivity index (χ3n) is 4.76. The van der Waals surface area contributed by atoms with Gasteiger partial charge >= 0.3 is 0 Å². The number of hydrogen-bond donors (Lipinski definition) is 5. The van der Waals surface area contributed by atoms with Gasteiger partial charge in [-0.25, -0.2) is 0 Å². The topological polar surface area (TPSA) is 129 Å². The molecule has 0 aromatic rings. The average molecular weight is 330 g/mol. The van der Waals surface area contributed by atoms with Gasteiger partial charge in [0.1, 0.15) is 24.4 Å². The molecule has 9 atom stereocenters. The van der Waals surface area contributed by atoms with Crippen molar-refractivity contribution in [2.75, 3.05) is 6.61 Å². The Hall–Kier alpha value is -1.00. The first-order chi connectivity index (χ1) is 10.9. The molecule has 0 spiro atoms. The molecule has 0 amide bonds. The van der Waals surface area contributed by atoms with E-state index in [2.05, 4.69) is 6.58 Å². The first-order valence-corrected chi connectivity index (χ1v) is 7.59. The summed E-state index contributed by atoms with van der Waals surface area (Å²) in [5.41, 5.74) is 0.578. The zero-order valence-corrected chi connectivity index (χ0v) is 12.4. The summed E-state index contributed by atoms with van der Waals surface area (Å²) in [4.78, 5) is 0. The minimum absolute atomic E-state index is 0.00105. The van der Waals surface area contributed by atoms with Crippen molar-refractivity contribution in [1.29, 1.82) is 0 Å². The van der Waals surface area contributed by atoms with E-state index in [1.54, 1.807) is 0 Å². The van der Waals surface area contributed by atoms with Crippen molar-refractivity contribution < 1.29 is 39.7 Å². The Kier molecular flexibility index (Phi) is 4.75. The largest absolute Gasteiger partial charge is 0.472 e. The molecule has 130 valence electrons. The lowest BCUT2D eigenvalue weighted by Gasteiger charge is -2.42. The zero-order valence-electron chi connectivity index (χ0n) is 12.4. The first kappa shape index (κ1) is 16.8. The smallest absolute Gasteiger partial charge is 0.208 e. The van der Waals surface area contributed by atoms with Crippen molar-refractivity contribution in [3.8, 4) is 0 Å². The minimum Gasteiger partial charge on any atom is -0.472 e. The van der Waals surface area contributed by atoms with Crippen molar-refractivity contribution >= 4 is 0 Å². The van der Waals surface area contributed by atoms with Crippen molar-refractivity contribution in [1.82, 2.24) is 0 Å². The number of hydrogen-bond acceptors (Lipinski definition) is 8. The summed E-state index contributed by atoms with van der Waals surface area (Å²) in [5.74, 6) is -0.302. The molecule has 8 nitrogen and oxygen atoms in total. The van der Waals surface area contributed by atoms with Gasteiger partial charge in [0.15, 0.2) is 6.29 Å². The lowest BCUT2D eigenvalue weighted by Crippen LogP contribution is -2.60. The Morgan fingerprint density at radius 3 is 2.57 bits per heavy atom. The SMILES string of the molecule is C=C1[C@H]2[C@H](O[C@H]3O[C@@H](CO)[C@H](O)[C@@H](O)[C@@H]3O)OC=C[C@H]2C[C@@H]1O. The molecule has 5 N–H and O–H groups in total. The number of allylic oxidation sites excluding steroid dienone is 1. The van der Waals surface area contributed by atoms with Gasteiger partial charge in [0.2, 0.25) is 6.29 Å². The van der Waals surface area contributed by atoms with Crippen LogP contribution in [0.2, 0.25) is 0 Å². The minimum atomic E-state index is -1.52.